The molecule has 2 aromatic carbocycles. The minimum Gasteiger partial charge on any atom is -0.268 e. The van der Waals surface area contributed by atoms with Gasteiger partial charge in [0.25, 0.3) is 5.56 Å². The summed E-state index contributed by atoms with van der Waals surface area (Å²) in [7, 11) is 0. The van der Waals surface area contributed by atoms with Crippen molar-refractivity contribution in [2.45, 2.75) is 24.8 Å². The highest BCUT2D eigenvalue weighted by molar-refractivity contribution is 7.98. The zero-order valence-electron chi connectivity index (χ0n) is 14.9. The molecule has 2 aromatic heterocycles. The van der Waals surface area contributed by atoms with Gasteiger partial charge >= 0.3 is 0 Å². The van der Waals surface area contributed by atoms with Gasteiger partial charge in [0.15, 0.2) is 10.8 Å². The van der Waals surface area contributed by atoms with Gasteiger partial charge in [0.05, 0.1) is 11.9 Å². The minimum atomic E-state index is -0.150. The van der Waals surface area contributed by atoms with Gasteiger partial charge in [-0.05, 0) is 48.7 Å². The summed E-state index contributed by atoms with van der Waals surface area (Å²) in [6.07, 6.45) is 1.51. The summed E-state index contributed by atoms with van der Waals surface area (Å²) < 4.78 is 1.63. The van der Waals surface area contributed by atoms with E-state index in [4.69, 9.17) is 11.6 Å². The van der Waals surface area contributed by atoms with Gasteiger partial charge < -0.3 is 0 Å². The molecule has 27 heavy (non-hydrogen) atoms. The Bertz CT molecular complexity index is 1200. The third kappa shape index (κ3) is 3.38. The minimum absolute atomic E-state index is 0.150. The molecule has 2 heterocycles. The van der Waals surface area contributed by atoms with Gasteiger partial charge in [0.2, 0.25) is 0 Å². The van der Waals surface area contributed by atoms with Gasteiger partial charge in [0.1, 0.15) is 5.39 Å². The molecule has 136 valence electrons. The molecule has 4 rings (SSSR count). The van der Waals surface area contributed by atoms with Crippen LogP contribution < -0.4 is 5.56 Å². The van der Waals surface area contributed by atoms with E-state index in [-0.39, 0.29) is 5.56 Å². The molecule has 0 saturated carbocycles. The molecule has 0 aliphatic rings. The van der Waals surface area contributed by atoms with E-state index in [1.54, 1.807) is 10.6 Å². The average Bonchev–Trinajstić information content (AvgIpc) is 3.13. The Kier molecular flexibility index (Phi) is 4.76. The van der Waals surface area contributed by atoms with Crippen LogP contribution in [0.4, 0.5) is 0 Å². The van der Waals surface area contributed by atoms with E-state index in [1.807, 2.05) is 31.2 Å². The zero-order valence-corrected chi connectivity index (χ0v) is 16.4. The Balaban J connectivity index is 1.84. The Labute approximate surface area is 165 Å². The third-order valence-corrected chi connectivity index (χ3v) is 5.88. The largest absolute Gasteiger partial charge is 0.269 e. The maximum Gasteiger partial charge on any atom is 0.269 e. The van der Waals surface area contributed by atoms with Gasteiger partial charge in [-0.1, -0.05) is 47.6 Å². The fourth-order valence-corrected chi connectivity index (χ4v) is 4.08. The Morgan fingerprint density at radius 1 is 1.15 bits per heavy atom. The van der Waals surface area contributed by atoms with E-state index in [9.17, 15) is 4.79 Å². The smallest absolute Gasteiger partial charge is 0.268 e. The third-order valence-electron chi connectivity index (χ3n) is 4.47. The Morgan fingerprint density at radius 3 is 2.74 bits per heavy atom. The number of hydrogen-bond donors (Lipinski definition) is 1. The molecule has 0 aliphatic heterocycles. The zero-order chi connectivity index (χ0) is 19.0. The summed E-state index contributed by atoms with van der Waals surface area (Å²) >= 11 is 7.68. The summed E-state index contributed by atoms with van der Waals surface area (Å²) in [6.45, 7) is 4.00. The van der Waals surface area contributed by atoms with Crippen molar-refractivity contribution in [2.24, 2.45) is 0 Å². The summed E-state index contributed by atoms with van der Waals surface area (Å²) in [5.74, 6) is 0.714. The Hall–Kier alpha value is -2.57. The summed E-state index contributed by atoms with van der Waals surface area (Å²) in [5.41, 5.74) is 4.41. The number of nitrogens with zero attached hydrogens (tertiary/aromatic N) is 3. The molecule has 0 bridgehead atoms. The first-order valence-electron chi connectivity index (χ1n) is 8.44. The van der Waals surface area contributed by atoms with Crippen molar-refractivity contribution < 1.29 is 0 Å². The van der Waals surface area contributed by atoms with E-state index in [1.165, 1.54) is 29.1 Å². The van der Waals surface area contributed by atoms with E-state index < -0.39 is 0 Å². The maximum atomic E-state index is 13.1. The van der Waals surface area contributed by atoms with Gasteiger partial charge in [-0.15, -0.1) is 0 Å². The number of fused-ring (bicyclic) bond motifs is 1. The van der Waals surface area contributed by atoms with E-state index >= 15 is 0 Å². The lowest BCUT2D eigenvalue weighted by molar-refractivity contribution is 0.815. The van der Waals surface area contributed by atoms with Crippen molar-refractivity contribution in [3.63, 3.8) is 0 Å². The van der Waals surface area contributed by atoms with Crippen molar-refractivity contribution in [1.82, 2.24) is 19.7 Å². The van der Waals surface area contributed by atoms with Gasteiger partial charge in [-0.25, -0.2) is 4.98 Å². The number of halogens is 1. The summed E-state index contributed by atoms with van der Waals surface area (Å²) in [6, 6.07) is 13.7. The normalized spacial score (nSPS) is 11.2. The maximum absolute atomic E-state index is 13.1. The highest BCUT2D eigenvalue weighted by Gasteiger charge is 2.15. The second-order valence-electron chi connectivity index (χ2n) is 6.32. The standard InChI is InChI=1S/C20H17ClN4OS/c1-12-5-3-4-6-14(12)11-27-20-23-18-16(10-22-24-18)19(26)25(20)15-7-8-17(21)13(2)9-15/h3-10H,11H2,1-2H3,(H,22,24). The van der Waals surface area contributed by atoms with Crippen molar-refractivity contribution in [2.75, 3.05) is 0 Å². The molecular weight excluding hydrogens is 380 g/mol. The molecule has 7 heteroatoms. The van der Waals surface area contributed by atoms with Crippen LogP contribution in [0.2, 0.25) is 5.02 Å². The van der Waals surface area contributed by atoms with Gasteiger partial charge in [-0.2, -0.15) is 5.10 Å². The number of aromatic nitrogens is 4. The second-order valence-corrected chi connectivity index (χ2v) is 7.67. The highest BCUT2D eigenvalue weighted by atomic mass is 35.5. The number of thioether (sulfide) groups is 1. The molecule has 5 nitrogen and oxygen atoms in total. The number of H-pyrrole nitrogens is 1. The van der Waals surface area contributed by atoms with E-state index in [2.05, 4.69) is 34.2 Å². The molecule has 0 saturated heterocycles. The van der Waals surface area contributed by atoms with Crippen LogP contribution >= 0.6 is 23.4 Å². The van der Waals surface area contributed by atoms with Crippen LogP contribution in [0.5, 0.6) is 0 Å². The number of aryl methyl sites for hydroxylation is 2. The number of rotatable bonds is 4. The Morgan fingerprint density at radius 2 is 1.96 bits per heavy atom. The number of hydrogen-bond acceptors (Lipinski definition) is 4. The average molecular weight is 397 g/mol. The number of nitrogens with one attached hydrogen (secondary N) is 1. The molecule has 0 aliphatic carbocycles. The highest BCUT2D eigenvalue weighted by Crippen LogP contribution is 2.26. The van der Waals surface area contributed by atoms with Gasteiger partial charge in [-0.3, -0.25) is 14.5 Å². The van der Waals surface area contributed by atoms with E-state index in [0.29, 0.717) is 27.0 Å². The molecule has 0 spiro atoms. The first-order valence-corrected chi connectivity index (χ1v) is 9.81. The van der Waals surface area contributed by atoms with Crippen molar-refractivity contribution in [3.8, 4) is 5.69 Å². The first-order chi connectivity index (χ1) is 13.0. The predicted molar refractivity (Wildman–Crippen MR) is 110 cm³/mol. The van der Waals surface area contributed by atoms with Crippen molar-refractivity contribution in [3.05, 3.63) is 80.7 Å². The second kappa shape index (κ2) is 7.21. The number of aromatic amines is 1. The van der Waals surface area contributed by atoms with Crippen molar-refractivity contribution >= 4 is 34.4 Å². The SMILES string of the molecule is Cc1cc(-n2c(SCc3ccccc3C)nc3[nH]ncc3c2=O)ccc1Cl. The number of benzene rings is 2. The lowest BCUT2D eigenvalue weighted by atomic mass is 10.1. The molecule has 0 atom stereocenters. The molecule has 0 fully saturated rings. The predicted octanol–water partition coefficient (Wildman–Crippen LogP) is 4.67. The summed E-state index contributed by atoms with van der Waals surface area (Å²) in [5, 5.41) is 8.51. The van der Waals surface area contributed by atoms with Crippen LogP contribution in [0.1, 0.15) is 16.7 Å². The lowest BCUT2D eigenvalue weighted by Crippen LogP contribution is -2.21. The van der Waals surface area contributed by atoms with Crippen LogP contribution in [-0.2, 0) is 5.75 Å². The molecule has 0 unspecified atom stereocenters. The monoisotopic (exact) mass is 396 g/mol. The molecule has 0 radical (unpaired) electrons. The van der Waals surface area contributed by atoms with Crippen LogP contribution in [-0.4, -0.2) is 19.7 Å². The first kappa shape index (κ1) is 17.8. The fourth-order valence-electron chi connectivity index (χ4n) is 2.88. The van der Waals surface area contributed by atoms with Crippen LogP contribution in [0.3, 0.4) is 0 Å². The van der Waals surface area contributed by atoms with Crippen LogP contribution in [0, 0.1) is 13.8 Å². The molecule has 1 N–H and O–H groups in total. The molecule has 4 aromatic rings. The lowest BCUT2D eigenvalue weighted by Gasteiger charge is -2.13. The fraction of sp³-hybridized carbons (Fsp3) is 0.150. The van der Waals surface area contributed by atoms with E-state index in [0.717, 1.165) is 11.3 Å². The van der Waals surface area contributed by atoms with Gasteiger partial charge in [0, 0.05) is 10.8 Å². The van der Waals surface area contributed by atoms with Crippen LogP contribution in [0.15, 0.2) is 58.6 Å². The van der Waals surface area contributed by atoms with Crippen LogP contribution in [0.25, 0.3) is 16.7 Å². The molecule has 0 amide bonds. The molecular formula is C20H17ClN4OS. The van der Waals surface area contributed by atoms with Crippen molar-refractivity contribution in [1.29, 1.82) is 0 Å². The summed E-state index contributed by atoms with van der Waals surface area (Å²) in [4.78, 5) is 17.7. The topological polar surface area (TPSA) is 63.6 Å². The quantitative estimate of drug-likeness (QED) is 0.402.